The van der Waals surface area contributed by atoms with Crippen molar-refractivity contribution in [2.45, 2.75) is 91.3 Å². The van der Waals surface area contributed by atoms with Crippen LogP contribution in [0.5, 0.6) is 0 Å². The molecule has 3 rings (SSSR count). The van der Waals surface area contributed by atoms with Crippen molar-refractivity contribution in [1.29, 1.82) is 0 Å². The topological polar surface area (TPSA) is 46.5 Å². The van der Waals surface area contributed by atoms with Gasteiger partial charge in [-0.15, -0.1) is 6.58 Å². The Morgan fingerprint density at radius 2 is 1.88 bits per heavy atom. The highest BCUT2D eigenvalue weighted by Gasteiger charge is 2.65. The Bertz CT molecular complexity index is 568. The van der Waals surface area contributed by atoms with Gasteiger partial charge in [-0.05, 0) is 54.3 Å². The fraction of sp³-hybridized carbons (Fsp3) is 0.864. The molecule has 0 heterocycles. The largest absolute Gasteiger partial charge is 0.462 e. The minimum atomic E-state index is -0.764. The van der Waals surface area contributed by atoms with E-state index in [1.807, 2.05) is 6.08 Å². The van der Waals surface area contributed by atoms with Gasteiger partial charge < -0.3 is 9.84 Å². The summed E-state index contributed by atoms with van der Waals surface area (Å²) in [5, 5.41) is 11.8. The van der Waals surface area contributed by atoms with Gasteiger partial charge in [-0.2, -0.15) is 0 Å². The second-order valence-electron chi connectivity index (χ2n) is 10.4. The maximum atomic E-state index is 11.8. The van der Waals surface area contributed by atoms with E-state index in [-0.39, 0.29) is 34.2 Å². The van der Waals surface area contributed by atoms with Crippen LogP contribution in [-0.4, -0.2) is 22.8 Å². The smallest absolute Gasteiger partial charge is 0.302 e. The molecular formula is C22H36O3. The predicted octanol–water partition coefficient (Wildman–Crippen LogP) is 4.88. The third-order valence-corrected chi connectivity index (χ3v) is 7.98. The summed E-state index contributed by atoms with van der Waals surface area (Å²) in [6.07, 6.45) is 8.74. The molecule has 3 nitrogen and oxygen atoms in total. The normalized spacial score (nSPS) is 48.8. The highest BCUT2D eigenvalue weighted by molar-refractivity contribution is 5.66. The van der Waals surface area contributed by atoms with Gasteiger partial charge in [0.15, 0.2) is 0 Å². The van der Waals surface area contributed by atoms with Gasteiger partial charge >= 0.3 is 5.97 Å². The molecule has 3 heteroatoms. The fourth-order valence-electron chi connectivity index (χ4n) is 7.22. The summed E-state index contributed by atoms with van der Waals surface area (Å²) < 4.78 is 5.85. The summed E-state index contributed by atoms with van der Waals surface area (Å²) in [6, 6.07) is 0. The van der Waals surface area contributed by atoms with Crippen molar-refractivity contribution in [1.82, 2.24) is 0 Å². The second-order valence-corrected chi connectivity index (χ2v) is 10.4. The Morgan fingerprint density at radius 1 is 1.20 bits per heavy atom. The quantitative estimate of drug-likeness (QED) is 0.571. The predicted molar refractivity (Wildman–Crippen MR) is 100.0 cm³/mol. The standard InChI is InChI=1S/C22H36O3/c1-7-20(5)12-9-17-21(6)11-8-10-19(3,4)18(21)16(25-15(2)23)13-22(17,24)14-20/h7,16-18,24H,1,8-14H2,2-6H3/t16-,17?,18+,20+,21-,22-/m1/s1. The Labute approximate surface area is 153 Å². The lowest BCUT2D eigenvalue weighted by Crippen LogP contribution is -2.66. The van der Waals surface area contributed by atoms with E-state index in [1.165, 1.54) is 19.8 Å². The molecule has 3 fully saturated rings. The molecule has 25 heavy (non-hydrogen) atoms. The minimum Gasteiger partial charge on any atom is -0.462 e. The zero-order chi connectivity index (χ0) is 18.7. The van der Waals surface area contributed by atoms with Gasteiger partial charge in [0.2, 0.25) is 0 Å². The molecule has 0 saturated heterocycles. The molecule has 0 aromatic heterocycles. The summed E-state index contributed by atoms with van der Waals surface area (Å²) in [5.74, 6) is 0.374. The molecule has 0 amide bonds. The molecule has 0 radical (unpaired) electrons. The Hall–Kier alpha value is -0.830. The first-order valence-corrected chi connectivity index (χ1v) is 9.99. The van der Waals surface area contributed by atoms with Crippen molar-refractivity contribution in [2.75, 3.05) is 0 Å². The van der Waals surface area contributed by atoms with Crippen LogP contribution < -0.4 is 0 Å². The number of hydrogen-bond donors (Lipinski definition) is 1. The van der Waals surface area contributed by atoms with Crippen LogP contribution in [0, 0.1) is 28.1 Å². The van der Waals surface area contributed by atoms with Gasteiger partial charge in [0, 0.05) is 19.3 Å². The Kier molecular flexibility index (Phi) is 4.42. The van der Waals surface area contributed by atoms with E-state index in [9.17, 15) is 9.90 Å². The monoisotopic (exact) mass is 348 g/mol. The lowest BCUT2D eigenvalue weighted by molar-refractivity contribution is -0.245. The van der Waals surface area contributed by atoms with Gasteiger partial charge in [0.05, 0.1) is 5.60 Å². The molecule has 1 unspecified atom stereocenters. The van der Waals surface area contributed by atoms with E-state index in [2.05, 4.69) is 34.3 Å². The van der Waals surface area contributed by atoms with Crippen LogP contribution in [-0.2, 0) is 9.53 Å². The summed E-state index contributed by atoms with van der Waals surface area (Å²) in [4.78, 5) is 11.8. The third-order valence-electron chi connectivity index (χ3n) is 7.98. The molecule has 0 aromatic rings. The van der Waals surface area contributed by atoms with E-state index in [1.54, 1.807) is 0 Å². The molecule has 0 spiro atoms. The average molecular weight is 349 g/mol. The van der Waals surface area contributed by atoms with Crippen LogP contribution in [0.4, 0.5) is 0 Å². The van der Waals surface area contributed by atoms with Gasteiger partial charge in [-0.3, -0.25) is 4.79 Å². The number of fused-ring (bicyclic) bond motifs is 3. The summed E-state index contributed by atoms with van der Waals surface area (Å²) in [5.41, 5.74) is -0.635. The van der Waals surface area contributed by atoms with Crippen molar-refractivity contribution < 1.29 is 14.6 Å². The van der Waals surface area contributed by atoms with Crippen molar-refractivity contribution in [3.63, 3.8) is 0 Å². The summed E-state index contributed by atoms with van der Waals surface area (Å²) in [7, 11) is 0. The van der Waals surface area contributed by atoms with Crippen LogP contribution in [0.2, 0.25) is 0 Å². The summed E-state index contributed by atoms with van der Waals surface area (Å²) in [6.45, 7) is 14.7. The highest BCUT2D eigenvalue weighted by Crippen LogP contribution is 2.66. The van der Waals surface area contributed by atoms with Gasteiger partial charge in [-0.1, -0.05) is 40.2 Å². The molecule has 3 saturated carbocycles. The van der Waals surface area contributed by atoms with Gasteiger partial charge in [-0.25, -0.2) is 0 Å². The maximum absolute atomic E-state index is 11.8. The van der Waals surface area contributed by atoms with Crippen LogP contribution >= 0.6 is 0 Å². The second kappa shape index (κ2) is 5.84. The lowest BCUT2D eigenvalue weighted by Gasteiger charge is -2.66. The molecular weight excluding hydrogens is 312 g/mol. The molecule has 1 N–H and O–H groups in total. The number of aliphatic hydroxyl groups is 1. The number of esters is 1. The highest BCUT2D eigenvalue weighted by atomic mass is 16.5. The SMILES string of the molecule is C=C[C@@]1(C)CCC2[C@@](O)(C[C@@H](OC(C)=O)[C@H]3C(C)(C)CCC[C@]23C)C1. The number of rotatable bonds is 2. The molecule has 0 aromatic carbocycles. The number of carbonyl (C=O) groups is 1. The van der Waals surface area contributed by atoms with Crippen molar-refractivity contribution in [3.05, 3.63) is 12.7 Å². The van der Waals surface area contributed by atoms with Crippen molar-refractivity contribution in [3.8, 4) is 0 Å². The molecule has 0 aliphatic heterocycles. The number of carbonyl (C=O) groups excluding carboxylic acids is 1. The van der Waals surface area contributed by atoms with Crippen molar-refractivity contribution in [2.24, 2.45) is 28.1 Å². The molecule has 3 aliphatic carbocycles. The van der Waals surface area contributed by atoms with Crippen LogP contribution in [0.1, 0.15) is 79.6 Å². The van der Waals surface area contributed by atoms with E-state index >= 15 is 0 Å². The van der Waals surface area contributed by atoms with E-state index < -0.39 is 5.60 Å². The van der Waals surface area contributed by atoms with Crippen LogP contribution in [0.3, 0.4) is 0 Å². The summed E-state index contributed by atoms with van der Waals surface area (Å²) >= 11 is 0. The Morgan fingerprint density at radius 3 is 2.48 bits per heavy atom. The molecule has 6 atom stereocenters. The maximum Gasteiger partial charge on any atom is 0.302 e. The number of hydrogen-bond acceptors (Lipinski definition) is 3. The van der Waals surface area contributed by atoms with E-state index in [0.717, 1.165) is 25.7 Å². The first-order valence-electron chi connectivity index (χ1n) is 9.99. The molecule has 142 valence electrons. The lowest BCUT2D eigenvalue weighted by atomic mass is 9.41. The molecule has 0 bridgehead atoms. The first-order chi connectivity index (χ1) is 11.5. The zero-order valence-electron chi connectivity index (χ0n) is 16.7. The first kappa shape index (κ1) is 18.9. The average Bonchev–Trinajstić information content (AvgIpc) is 2.43. The van der Waals surface area contributed by atoms with E-state index in [4.69, 9.17) is 4.74 Å². The zero-order valence-corrected chi connectivity index (χ0v) is 16.7. The number of ether oxygens (including phenoxy) is 1. The Balaban J connectivity index is 2.05. The molecule has 3 aliphatic rings. The van der Waals surface area contributed by atoms with Crippen LogP contribution in [0.25, 0.3) is 0 Å². The number of allylic oxidation sites excluding steroid dienone is 1. The minimum absolute atomic E-state index is 0.0252. The third kappa shape index (κ3) is 2.97. The van der Waals surface area contributed by atoms with Gasteiger partial charge in [0.1, 0.15) is 6.10 Å². The van der Waals surface area contributed by atoms with E-state index in [0.29, 0.717) is 12.3 Å². The van der Waals surface area contributed by atoms with Gasteiger partial charge in [0.25, 0.3) is 0 Å². The fourth-order valence-corrected chi connectivity index (χ4v) is 7.22. The van der Waals surface area contributed by atoms with Crippen LogP contribution in [0.15, 0.2) is 12.7 Å². The van der Waals surface area contributed by atoms with Crippen molar-refractivity contribution >= 4 is 5.97 Å².